The Bertz CT molecular complexity index is 643. The SMILES string of the molecule is Cc1ccc(F)cc1NC(=O)c1ccc(Cl)cc1Cl. The van der Waals surface area contributed by atoms with Crippen LogP contribution in [0.5, 0.6) is 0 Å². The highest BCUT2D eigenvalue weighted by Gasteiger charge is 2.12. The van der Waals surface area contributed by atoms with Crippen molar-refractivity contribution in [2.45, 2.75) is 6.92 Å². The summed E-state index contributed by atoms with van der Waals surface area (Å²) in [4.78, 5) is 12.0. The van der Waals surface area contributed by atoms with Gasteiger partial charge in [0.15, 0.2) is 0 Å². The lowest BCUT2D eigenvalue weighted by Gasteiger charge is -2.09. The molecule has 1 N–H and O–H groups in total. The lowest BCUT2D eigenvalue weighted by atomic mass is 10.1. The van der Waals surface area contributed by atoms with Crippen LogP contribution >= 0.6 is 23.2 Å². The summed E-state index contributed by atoms with van der Waals surface area (Å²) < 4.78 is 13.1. The Balaban J connectivity index is 2.28. The molecule has 0 aliphatic heterocycles. The third-order valence-corrected chi connectivity index (χ3v) is 3.17. The van der Waals surface area contributed by atoms with E-state index in [2.05, 4.69) is 5.32 Å². The number of benzene rings is 2. The Hall–Kier alpha value is -1.58. The Morgan fingerprint density at radius 1 is 1.16 bits per heavy atom. The molecule has 0 bridgehead atoms. The summed E-state index contributed by atoms with van der Waals surface area (Å²) in [5.74, 6) is -0.821. The summed E-state index contributed by atoms with van der Waals surface area (Å²) in [5, 5.41) is 3.32. The first-order valence-corrected chi connectivity index (χ1v) is 6.25. The number of carbonyl (C=O) groups excluding carboxylic acids is 1. The van der Waals surface area contributed by atoms with Gasteiger partial charge in [0.1, 0.15) is 5.82 Å². The van der Waals surface area contributed by atoms with Gasteiger partial charge in [0, 0.05) is 10.7 Å². The van der Waals surface area contributed by atoms with E-state index in [4.69, 9.17) is 23.2 Å². The lowest BCUT2D eigenvalue weighted by Crippen LogP contribution is -2.13. The summed E-state index contributed by atoms with van der Waals surface area (Å²) >= 11 is 11.7. The molecule has 98 valence electrons. The van der Waals surface area contributed by atoms with E-state index in [0.29, 0.717) is 10.7 Å². The average Bonchev–Trinajstić information content (AvgIpc) is 2.33. The van der Waals surface area contributed by atoms with Crippen molar-refractivity contribution in [3.05, 3.63) is 63.4 Å². The zero-order valence-electron chi connectivity index (χ0n) is 10.0. The van der Waals surface area contributed by atoms with Crippen molar-refractivity contribution in [2.75, 3.05) is 5.32 Å². The molecule has 2 nitrogen and oxygen atoms in total. The van der Waals surface area contributed by atoms with Crippen LogP contribution in [0.3, 0.4) is 0 Å². The molecule has 0 spiro atoms. The first kappa shape index (κ1) is 13.8. The van der Waals surface area contributed by atoms with Gasteiger partial charge in [-0.3, -0.25) is 4.79 Å². The molecule has 0 unspecified atom stereocenters. The quantitative estimate of drug-likeness (QED) is 0.856. The molecule has 0 atom stereocenters. The van der Waals surface area contributed by atoms with Crippen molar-refractivity contribution in [1.29, 1.82) is 0 Å². The molecule has 0 radical (unpaired) electrons. The Morgan fingerprint density at radius 3 is 2.58 bits per heavy atom. The minimum Gasteiger partial charge on any atom is -0.322 e. The molecule has 19 heavy (non-hydrogen) atoms. The Kier molecular flexibility index (Phi) is 4.08. The van der Waals surface area contributed by atoms with Crippen LogP contribution < -0.4 is 5.32 Å². The summed E-state index contributed by atoms with van der Waals surface area (Å²) in [6, 6.07) is 8.76. The number of nitrogens with one attached hydrogen (secondary N) is 1. The topological polar surface area (TPSA) is 29.1 Å². The monoisotopic (exact) mass is 297 g/mol. The van der Waals surface area contributed by atoms with Gasteiger partial charge in [-0.1, -0.05) is 29.3 Å². The summed E-state index contributed by atoms with van der Waals surface area (Å²) in [6.07, 6.45) is 0. The second-order valence-electron chi connectivity index (χ2n) is 4.04. The summed E-state index contributed by atoms with van der Waals surface area (Å²) in [5.41, 5.74) is 1.46. The van der Waals surface area contributed by atoms with Crippen LogP contribution in [0.1, 0.15) is 15.9 Å². The number of hydrogen-bond acceptors (Lipinski definition) is 1. The maximum atomic E-state index is 13.1. The molecule has 1 amide bonds. The van der Waals surface area contributed by atoms with E-state index in [-0.39, 0.29) is 10.6 Å². The predicted octanol–water partition coefficient (Wildman–Crippen LogP) is 4.69. The fourth-order valence-electron chi connectivity index (χ4n) is 1.59. The van der Waals surface area contributed by atoms with Gasteiger partial charge in [-0.05, 0) is 42.8 Å². The van der Waals surface area contributed by atoms with Crippen molar-refractivity contribution >= 4 is 34.8 Å². The minimum absolute atomic E-state index is 0.249. The van der Waals surface area contributed by atoms with Gasteiger partial charge in [-0.2, -0.15) is 0 Å². The first-order valence-electron chi connectivity index (χ1n) is 5.50. The van der Waals surface area contributed by atoms with Crippen molar-refractivity contribution in [3.8, 4) is 0 Å². The third kappa shape index (κ3) is 3.25. The van der Waals surface area contributed by atoms with Crippen LogP contribution in [-0.4, -0.2) is 5.91 Å². The van der Waals surface area contributed by atoms with Crippen LogP contribution in [0.4, 0.5) is 10.1 Å². The molecular weight excluding hydrogens is 288 g/mol. The second kappa shape index (κ2) is 5.59. The van der Waals surface area contributed by atoms with Crippen molar-refractivity contribution < 1.29 is 9.18 Å². The molecule has 0 saturated carbocycles. The zero-order valence-corrected chi connectivity index (χ0v) is 11.5. The summed E-state index contributed by atoms with van der Waals surface area (Å²) in [6.45, 7) is 1.78. The second-order valence-corrected chi connectivity index (χ2v) is 4.88. The highest BCUT2D eigenvalue weighted by molar-refractivity contribution is 6.37. The van der Waals surface area contributed by atoms with Crippen molar-refractivity contribution in [3.63, 3.8) is 0 Å². The molecule has 0 saturated heterocycles. The summed E-state index contributed by atoms with van der Waals surface area (Å²) in [7, 11) is 0. The Morgan fingerprint density at radius 2 is 1.89 bits per heavy atom. The van der Waals surface area contributed by atoms with E-state index >= 15 is 0 Å². The smallest absolute Gasteiger partial charge is 0.257 e. The van der Waals surface area contributed by atoms with E-state index in [1.807, 2.05) is 0 Å². The number of amides is 1. The maximum absolute atomic E-state index is 13.1. The average molecular weight is 298 g/mol. The van der Waals surface area contributed by atoms with E-state index < -0.39 is 11.7 Å². The van der Waals surface area contributed by atoms with Crippen LogP contribution in [0, 0.1) is 12.7 Å². The molecule has 0 aromatic heterocycles. The fraction of sp³-hybridized carbons (Fsp3) is 0.0714. The molecule has 2 rings (SSSR count). The Labute approximate surface area is 120 Å². The fourth-order valence-corrected chi connectivity index (χ4v) is 2.09. The number of carbonyl (C=O) groups is 1. The van der Waals surface area contributed by atoms with Crippen LogP contribution in [0.15, 0.2) is 36.4 Å². The minimum atomic E-state index is -0.414. The van der Waals surface area contributed by atoms with Crippen LogP contribution in [-0.2, 0) is 0 Å². The third-order valence-electron chi connectivity index (χ3n) is 2.62. The molecule has 2 aromatic carbocycles. The number of rotatable bonds is 2. The standard InChI is InChI=1S/C14H10Cl2FNO/c1-8-2-4-10(17)7-13(8)18-14(19)11-5-3-9(15)6-12(11)16/h2-7H,1H3,(H,18,19). The molecule has 2 aromatic rings. The molecule has 0 fully saturated rings. The van der Waals surface area contributed by atoms with Crippen LogP contribution in [0.25, 0.3) is 0 Å². The molecule has 0 aliphatic carbocycles. The van der Waals surface area contributed by atoms with Gasteiger partial charge in [0.25, 0.3) is 5.91 Å². The maximum Gasteiger partial charge on any atom is 0.257 e. The normalized spacial score (nSPS) is 10.3. The number of halogens is 3. The van der Waals surface area contributed by atoms with Gasteiger partial charge in [0.05, 0.1) is 10.6 Å². The van der Waals surface area contributed by atoms with E-state index in [9.17, 15) is 9.18 Å². The van der Waals surface area contributed by atoms with Crippen LogP contribution in [0.2, 0.25) is 10.0 Å². The van der Waals surface area contributed by atoms with Gasteiger partial charge >= 0.3 is 0 Å². The lowest BCUT2D eigenvalue weighted by molar-refractivity contribution is 0.102. The predicted molar refractivity (Wildman–Crippen MR) is 75.6 cm³/mol. The number of hydrogen-bond donors (Lipinski definition) is 1. The largest absolute Gasteiger partial charge is 0.322 e. The van der Waals surface area contributed by atoms with Crippen molar-refractivity contribution in [2.24, 2.45) is 0 Å². The van der Waals surface area contributed by atoms with Gasteiger partial charge in [-0.25, -0.2) is 4.39 Å². The highest BCUT2D eigenvalue weighted by atomic mass is 35.5. The van der Waals surface area contributed by atoms with E-state index in [1.54, 1.807) is 19.1 Å². The van der Waals surface area contributed by atoms with Crippen molar-refractivity contribution in [1.82, 2.24) is 0 Å². The highest BCUT2D eigenvalue weighted by Crippen LogP contribution is 2.23. The van der Waals surface area contributed by atoms with Gasteiger partial charge in [0.2, 0.25) is 0 Å². The van der Waals surface area contributed by atoms with Gasteiger partial charge < -0.3 is 5.32 Å². The molecule has 0 aliphatic rings. The number of aryl methyl sites for hydroxylation is 1. The molecule has 5 heteroatoms. The van der Waals surface area contributed by atoms with E-state index in [1.165, 1.54) is 24.3 Å². The first-order chi connectivity index (χ1) is 8.97. The molecule has 0 heterocycles. The van der Waals surface area contributed by atoms with E-state index in [0.717, 1.165) is 5.56 Å². The number of anilines is 1. The molecular formula is C14H10Cl2FNO. The zero-order chi connectivity index (χ0) is 14.0. The van der Waals surface area contributed by atoms with Gasteiger partial charge in [-0.15, -0.1) is 0 Å².